The van der Waals surface area contributed by atoms with E-state index >= 15 is 0 Å². The van der Waals surface area contributed by atoms with Crippen LogP contribution < -0.4 is 4.74 Å². The molecule has 0 fully saturated rings. The molecule has 1 aromatic rings. The van der Waals surface area contributed by atoms with Gasteiger partial charge in [0.15, 0.2) is 0 Å². The largest absolute Gasteiger partial charge is 0.492 e. The number of benzene rings is 1. The van der Waals surface area contributed by atoms with Crippen molar-refractivity contribution in [3.8, 4) is 11.8 Å². The van der Waals surface area contributed by atoms with Crippen LogP contribution in [-0.4, -0.2) is 6.61 Å². The monoisotopic (exact) mass is 203 g/mol. The SMILES string of the molecule is Cc1ccc(C(C)C)cc1OCCC#N. The van der Waals surface area contributed by atoms with E-state index in [9.17, 15) is 0 Å². The zero-order chi connectivity index (χ0) is 11.3. The first-order chi connectivity index (χ1) is 7.15. The first-order valence-corrected chi connectivity index (χ1v) is 5.25. The number of nitrogens with zero attached hydrogens (tertiary/aromatic N) is 1. The second-order valence-electron chi connectivity index (χ2n) is 3.94. The summed E-state index contributed by atoms with van der Waals surface area (Å²) in [5.74, 6) is 1.40. The van der Waals surface area contributed by atoms with Crippen molar-refractivity contribution < 1.29 is 4.74 Å². The molecular weight excluding hydrogens is 186 g/mol. The molecule has 0 aromatic heterocycles. The van der Waals surface area contributed by atoms with E-state index in [4.69, 9.17) is 10.00 Å². The van der Waals surface area contributed by atoms with E-state index in [0.717, 1.165) is 11.3 Å². The number of aryl methyl sites for hydroxylation is 1. The summed E-state index contributed by atoms with van der Waals surface area (Å²) in [4.78, 5) is 0. The molecule has 1 aromatic carbocycles. The van der Waals surface area contributed by atoms with Crippen LogP contribution in [0.2, 0.25) is 0 Å². The normalized spacial score (nSPS) is 10.1. The molecule has 1 rings (SSSR count). The highest BCUT2D eigenvalue weighted by Crippen LogP contribution is 2.24. The maximum absolute atomic E-state index is 8.43. The summed E-state index contributed by atoms with van der Waals surface area (Å²) in [6, 6.07) is 8.33. The number of rotatable bonds is 4. The molecule has 0 aliphatic rings. The number of nitriles is 1. The maximum atomic E-state index is 8.43. The highest BCUT2D eigenvalue weighted by atomic mass is 16.5. The molecule has 0 saturated heterocycles. The average molecular weight is 203 g/mol. The van der Waals surface area contributed by atoms with Crippen molar-refractivity contribution >= 4 is 0 Å². The standard InChI is InChI=1S/C13H17NO/c1-10(2)12-6-5-11(3)13(9-12)15-8-4-7-14/h5-6,9-10H,4,8H2,1-3H3. The molecule has 0 aliphatic carbocycles. The van der Waals surface area contributed by atoms with E-state index < -0.39 is 0 Å². The van der Waals surface area contributed by atoms with Gasteiger partial charge in [-0.15, -0.1) is 0 Å². The van der Waals surface area contributed by atoms with Crippen LogP contribution in [0.5, 0.6) is 5.75 Å². The van der Waals surface area contributed by atoms with Crippen molar-refractivity contribution in [2.75, 3.05) is 6.61 Å². The van der Waals surface area contributed by atoms with Gasteiger partial charge < -0.3 is 4.74 Å². The smallest absolute Gasteiger partial charge is 0.122 e. The molecule has 0 aliphatic heterocycles. The van der Waals surface area contributed by atoms with Crippen LogP contribution in [0.3, 0.4) is 0 Å². The minimum absolute atomic E-state index is 0.436. The molecule has 80 valence electrons. The third kappa shape index (κ3) is 3.28. The predicted molar refractivity (Wildman–Crippen MR) is 61.0 cm³/mol. The van der Waals surface area contributed by atoms with Gasteiger partial charge in [-0.2, -0.15) is 5.26 Å². The topological polar surface area (TPSA) is 33.0 Å². The third-order valence-corrected chi connectivity index (χ3v) is 2.35. The molecular formula is C13H17NO. The highest BCUT2D eigenvalue weighted by molar-refractivity contribution is 5.37. The Morgan fingerprint density at radius 2 is 2.13 bits per heavy atom. The van der Waals surface area contributed by atoms with Gasteiger partial charge >= 0.3 is 0 Å². The second kappa shape index (κ2) is 5.41. The minimum Gasteiger partial charge on any atom is -0.492 e. The fraction of sp³-hybridized carbons (Fsp3) is 0.462. The first-order valence-electron chi connectivity index (χ1n) is 5.25. The highest BCUT2D eigenvalue weighted by Gasteiger charge is 2.04. The van der Waals surface area contributed by atoms with E-state index in [2.05, 4.69) is 38.1 Å². The van der Waals surface area contributed by atoms with Crippen LogP contribution in [0.15, 0.2) is 18.2 Å². The van der Waals surface area contributed by atoms with Crippen molar-refractivity contribution in [3.63, 3.8) is 0 Å². The lowest BCUT2D eigenvalue weighted by Crippen LogP contribution is -1.99. The fourth-order valence-corrected chi connectivity index (χ4v) is 1.34. The van der Waals surface area contributed by atoms with Gasteiger partial charge in [0, 0.05) is 0 Å². The van der Waals surface area contributed by atoms with Gasteiger partial charge in [-0.1, -0.05) is 26.0 Å². The van der Waals surface area contributed by atoms with Gasteiger partial charge in [0.2, 0.25) is 0 Å². The lowest BCUT2D eigenvalue weighted by molar-refractivity contribution is 0.324. The Hall–Kier alpha value is -1.49. The first kappa shape index (κ1) is 11.6. The summed E-state index contributed by atoms with van der Waals surface area (Å²) >= 11 is 0. The van der Waals surface area contributed by atoms with Gasteiger partial charge in [0.05, 0.1) is 12.5 Å². The van der Waals surface area contributed by atoms with Gasteiger partial charge in [-0.05, 0) is 30.0 Å². The molecule has 0 N–H and O–H groups in total. The Morgan fingerprint density at radius 1 is 1.40 bits per heavy atom. The molecule has 0 unspecified atom stereocenters. The van der Waals surface area contributed by atoms with Crippen LogP contribution in [0, 0.1) is 18.3 Å². The number of hydrogen-bond acceptors (Lipinski definition) is 2. The van der Waals surface area contributed by atoms with Gasteiger partial charge in [-0.3, -0.25) is 0 Å². The number of hydrogen-bond donors (Lipinski definition) is 0. The lowest BCUT2D eigenvalue weighted by atomic mass is 10.0. The fourth-order valence-electron chi connectivity index (χ4n) is 1.34. The molecule has 0 bridgehead atoms. The predicted octanol–water partition coefficient (Wildman–Crippen LogP) is 3.41. The Bertz CT molecular complexity index is 363. The molecule has 0 heterocycles. The number of ether oxygens (including phenoxy) is 1. The summed E-state index contributed by atoms with van der Waals surface area (Å²) in [5, 5.41) is 8.43. The Morgan fingerprint density at radius 3 is 2.73 bits per heavy atom. The lowest BCUT2D eigenvalue weighted by Gasteiger charge is -2.11. The summed E-state index contributed by atoms with van der Waals surface area (Å²) in [5.41, 5.74) is 2.39. The zero-order valence-electron chi connectivity index (χ0n) is 9.58. The second-order valence-corrected chi connectivity index (χ2v) is 3.94. The van der Waals surface area contributed by atoms with Gasteiger partial charge in [-0.25, -0.2) is 0 Å². The van der Waals surface area contributed by atoms with Crippen molar-refractivity contribution in [1.29, 1.82) is 5.26 Å². The molecule has 0 radical (unpaired) electrons. The van der Waals surface area contributed by atoms with Crippen LogP contribution >= 0.6 is 0 Å². The van der Waals surface area contributed by atoms with Crippen molar-refractivity contribution in [3.05, 3.63) is 29.3 Å². The van der Waals surface area contributed by atoms with Gasteiger partial charge in [0.1, 0.15) is 12.4 Å². The molecule has 2 heteroatoms. The van der Waals surface area contributed by atoms with Crippen molar-refractivity contribution in [2.45, 2.75) is 33.1 Å². The quantitative estimate of drug-likeness (QED) is 0.702. The Kier molecular flexibility index (Phi) is 4.17. The van der Waals surface area contributed by atoms with Crippen LogP contribution in [0.25, 0.3) is 0 Å². The summed E-state index contributed by atoms with van der Waals surface area (Å²) in [7, 11) is 0. The molecule has 0 spiro atoms. The zero-order valence-corrected chi connectivity index (χ0v) is 9.58. The minimum atomic E-state index is 0.436. The van der Waals surface area contributed by atoms with Gasteiger partial charge in [0.25, 0.3) is 0 Å². The molecule has 0 amide bonds. The molecule has 0 atom stereocenters. The summed E-state index contributed by atoms with van der Waals surface area (Å²) in [6.07, 6.45) is 0.436. The van der Waals surface area contributed by atoms with Crippen molar-refractivity contribution in [2.24, 2.45) is 0 Å². The molecule has 15 heavy (non-hydrogen) atoms. The molecule has 2 nitrogen and oxygen atoms in total. The summed E-state index contributed by atoms with van der Waals surface area (Å²) in [6.45, 7) is 6.80. The van der Waals surface area contributed by atoms with Crippen molar-refractivity contribution in [1.82, 2.24) is 0 Å². The van der Waals surface area contributed by atoms with E-state index in [1.807, 2.05) is 6.92 Å². The van der Waals surface area contributed by atoms with Crippen LogP contribution in [0.1, 0.15) is 37.3 Å². The molecule has 0 saturated carbocycles. The van der Waals surface area contributed by atoms with E-state index in [1.165, 1.54) is 5.56 Å². The van der Waals surface area contributed by atoms with E-state index in [-0.39, 0.29) is 0 Å². The Labute approximate surface area is 91.5 Å². The summed E-state index contributed by atoms with van der Waals surface area (Å²) < 4.78 is 5.55. The Balaban J connectivity index is 2.77. The maximum Gasteiger partial charge on any atom is 0.122 e. The van der Waals surface area contributed by atoms with E-state index in [0.29, 0.717) is 18.9 Å². The van der Waals surface area contributed by atoms with Crippen LogP contribution in [-0.2, 0) is 0 Å². The van der Waals surface area contributed by atoms with E-state index in [1.54, 1.807) is 0 Å². The van der Waals surface area contributed by atoms with Crippen LogP contribution in [0.4, 0.5) is 0 Å². The average Bonchev–Trinajstić information content (AvgIpc) is 2.20. The third-order valence-electron chi connectivity index (χ3n) is 2.35.